The van der Waals surface area contributed by atoms with Crippen LogP contribution in [0.2, 0.25) is 0 Å². The third-order valence-electron chi connectivity index (χ3n) is 4.02. The molecule has 30 heavy (non-hydrogen) atoms. The standard InChI is InChI=1S/C19H26F5NO4S/c1-10(2)9-11(25(3)19(27)28-7-8-30(4,5)6)18(26)29-17-15(23)13(21)12(20)14(22)16(17)24/h10-11H,7-9H2,1-6H3/t11-/m0/s1. The molecule has 5 nitrogen and oxygen atoms in total. The number of ether oxygens (including phenoxy) is 2. The number of amides is 1. The van der Waals surface area contributed by atoms with E-state index in [0.29, 0.717) is 5.75 Å². The summed E-state index contributed by atoms with van der Waals surface area (Å²) in [5, 5.41) is 0. The number of likely N-dealkylation sites (N-methyl/N-ethyl adjacent to an activating group) is 1. The largest absolute Gasteiger partial charge is 0.449 e. The molecule has 1 amide bonds. The van der Waals surface area contributed by atoms with E-state index >= 15 is 0 Å². The van der Waals surface area contributed by atoms with Gasteiger partial charge in [0.25, 0.3) is 0 Å². The van der Waals surface area contributed by atoms with Crippen molar-refractivity contribution in [2.45, 2.75) is 26.3 Å². The molecule has 0 aliphatic carbocycles. The normalized spacial score (nSPS) is 13.2. The molecule has 0 N–H and O–H groups in total. The number of rotatable bonds is 8. The van der Waals surface area contributed by atoms with Crippen LogP contribution in [-0.2, 0) is 9.53 Å². The van der Waals surface area contributed by atoms with Gasteiger partial charge in [-0.15, -0.1) is 0 Å². The first-order chi connectivity index (χ1) is 13.7. The minimum Gasteiger partial charge on any atom is -0.449 e. The summed E-state index contributed by atoms with van der Waals surface area (Å²) in [6.07, 6.45) is 5.19. The summed E-state index contributed by atoms with van der Waals surface area (Å²) >= 11 is 0. The van der Waals surface area contributed by atoms with E-state index in [1.807, 2.05) is 18.8 Å². The Hall–Kier alpha value is -2.04. The number of carbonyl (C=O) groups is 2. The second-order valence-corrected chi connectivity index (χ2v) is 12.6. The molecule has 11 heteroatoms. The highest BCUT2D eigenvalue weighted by molar-refractivity contribution is 8.32. The van der Waals surface area contributed by atoms with Crippen molar-refractivity contribution in [1.29, 1.82) is 0 Å². The van der Waals surface area contributed by atoms with Crippen molar-refractivity contribution in [3.63, 3.8) is 0 Å². The zero-order chi connectivity index (χ0) is 23.4. The average Bonchev–Trinajstić information content (AvgIpc) is 2.64. The maximum Gasteiger partial charge on any atom is 0.410 e. The molecule has 172 valence electrons. The van der Waals surface area contributed by atoms with Gasteiger partial charge in [0.15, 0.2) is 0 Å². The predicted molar refractivity (Wildman–Crippen MR) is 104 cm³/mol. The molecule has 1 aromatic rings. The van der Waals surface area contributed by atoms with Crippen LogP contribution in [0.1, 0.15) is 20.3 Å². The molecule has 0 saturated carbocycles. The Morgan fingerprint density at radius 3 is 1.83 bits per heavy atom. The van der Waals surface area contributed by atoms with Gasteiger partial charge in [0.05, 0.1) is 0 Å². The zero-order valence-electron chi connectivity index (χ0n) is 17.7. The highest BCUT2D eigenvalue weighted by Crippen LogP contribution is 2.33. The van der Waals surface area contributed by atoms with Crippen molar-refractivity contribution in [2.24, 2.45) is 5.92 Å². The summed E-state index contributed by atoms with van der Waals surface area (Å²) in [6.45, 7) is 3.52. The Bertz CT molecular complexity index is 769. The summed E-state index contributed by atoms with van der Waals surface area (Å²) in [4.78, 5) is 25.7. The fraction of sp³-hybridized carbons (Fsp3) is 0.579. The average molecular weight is 459 g/mol. The van der Waals surface area contributed by atoms with E-state index in [4.69, 9.17) is 4.74 Å². The van der Waals surface area contributed by atoms with Crippen molar-refractivity contribution in [1.82, 2.24) is 4.90 Å². The van der Waals surface area contributed by atoms with Crippen LogP contribution in [0, 0.1) is 35.0 Å². The van der Waals surface area contributed by atoms with Crippen LogP contribution in [0.5, 0.6) is 5.75 Å². The van der Waals surface area contributed by atoms with Crippen LogP contribution in [-0.4, -0.2) is 61.2 Å². The molecule has 1 rings (SSSR count). The molecular formula is C19H26F5NO4S. The molecule has 0 radical (unpaired) electrons. The molecule has 0 spiro atoms. The smallest absolute Gasteiger partial charge is 0.410 e. The molecule has 0 fully saturated rings. The molecule has 0 unspecified atom stereocenters. The molecule has 0 heterocycles. The summed E-state index contributed by atoms with van der Waals surface area (Å²) in [7, 11) is 0.286. The number of benzene rings is 1. The maximum atomic E-state index is 13.8. The quantitative estimate of drug-likeness (QED) is 0.189. The van der Waals surface area contributed by atoms with E-state index in [1.54, 1.807) is 13.8 Å². The molecule has 0 saturated heterocycles. The third kappa shape index (κ3) is 6.75. The van der Waals surface area contributed by atoms with E-state index in [1.165, 1.54) is 7.05 Å². The van der Waals surface area contributed by atoms with Gasteiger partial charge >= 0.3 is 12.1 Å². The van der Waals surface area contributed by atoms with Gasteiger partial charge < -0.3 is 9.47 Å². The van der Waals surface area contributed by atoms with Crippen LogP contribution in [0.25, 0.3) is 0 Å². The van der Waals surface area contributed by atoms with Gasteiger partial charge in [-0.3, -0.25) is 4.90 Å². The lowest BCUT2D eigenvalue weighted by Gasteiger charge is -2.29. The first-order valence-corrected chi connectivity index (χ1v) is 12.0. The Kier molecular flexibility index (Phi) is 8.94. The number of esters is 1. The van der Waals surface area contributed by atoms with Crippen molar-refractivity contribution < 1.29 is 41.0 Å². The van der Waals surface area contributed by atoms with Crippen LogP contribution >= 0.6 is 10.0 Å². The number of hydrogen-bond donors (Lipinski definition) is 0. The second kappa shape index (κ2) is 10.3. The van der Waals surface area contributed by atoms with Gasteiger partial charge in [0, 0.05) is 12.8 Å². The second-order valence-electron chi connectivity index (χ2n) is 7.99. The van der Waals surface area contributed by atoms with Crippen molar-refractivity contribution in [2.75, 3.05) is 38.2 Å². The maximum absolute atomic E-state index is 13.8. The number of carbonyl (C=O) groups excluding carboxylic acids is 2. The van der Waals surface area contributed by atoms with Gasteiger partial charge in [-0.2, -0.15) is 8.78 Å². The minimum atomic E-state index is -2.37. The highest BCUT2D eigenvalue weighted by atomic mass is 32.3. The topological polar surface area (TPSA) is 55.8 Å². The van der Waals surface area contributed by atoms with Gasteiger partial charge in [-0.05, 0) is 31.1 Å². The van der Waals surface area contributed by atoms with Crippen molar-refractivity contribution >= 4 is 22.1 Å². The van der Waals surface area contributed by atoms with E-state index in [-0.39, 0.29) is 18.9 Å². The molecule has 0 bridgehead atoms. The molecule has 0 aliphatic heterocycles. The van der Waals surface area contributed by atoms with Crippen LogP contribution in [0.15, 0.2) is 0 Å². The fourth-order valence-electron chi connectivity index (χ4n) is 2.31. The van der Waals surface area contributed by atoms with Crippen molar-refractivity contribution in [3.8, 4) is 5.75 Å². The SMILES string of the molecule is CC(C)C[C@@H](C(=O)Oc1c(F)c(F)c(F)c(F)c1F)N(C)C(=O)OCCS(C)(C)C. The number of halogens is 5. The molecule has 0 aromatic heterocycles. The van der Waals surface area contributed by atoms with E-state index < -0.39 is 63.0 Å². The fourth-order valence-corrected chi connectivity index (χ4v) is 2.89. The zero-order valence-corrected chi connectivity index (χ0v) is 18.5. The van der Waals surface area contributed by atoms with Gasteiger partial charge in [0.1, 0.15) is 12.6 Å². The third-order valence-corrected chi connectivity index (χ3v) is 5.41. The summed E-state index contributed by atoms with van der Waals surface area (Å²) in [5.74, 6) is -14.0. The van der Waals surface area contributed by atoms with E-state index in [9.17, 15) is 31.5 Å². The summed E-state index contributed by atoms with van der Waals surface area (Å²) in [6, 6.07) is -1.37. The Morgan fingerprint density at radius 1 is 0.933 bits per heavy atom. The molecule has 1 aromatic carbocycles. The van der Waals surface area contributed by atoms with Gasteiger partial charge in [-0.1, -0.05) is 13.8 Å². The van der Waals surface area contributed by atoms with Crippen LogP contribution in [0.3, 0.4) is 0 Å². The Morgan fingerprint density at radius 2 is 1.40 bits per heavy atom. The summed E-state index contributed by atoms with van der Waals surface area (Å²) < 4.78 is 77.2. The van der Waals surface area contributed by atoms with Crippen LogP contribution < -0.4 is 4.74 Å². The first kappa shape index (κ1) is 26.0. The van der Waals surface area contributed by atoms with E-state index in [0.717, 1.165) is 4.90 Å². The van der Waals surface area contributed by atoms with Crippen LogP contribution in [0.4, 0.5) is 26.7 Å². The monoisotopic (exact) mass is 459 g/mol. The predicted octanol–water partition coefficient (Wildman–Crippen LogP) is 4.46. The summed E-state index contributed by atoms with van der Waals surface area (Å²) in [5.41, 5.74) is 0. The lowest BCUT2D eigenvalue weighted by molar-refractivity contribution is -0.140. The highest BCUT2D eigenvalue weighted by Gasteiger charge is 2.34. The minimum absolute atomic E-state index is 0.00432. The lowest BCUT2D eigenvalue weighted by Crippen LogP contribution is -2.45. The molecular weight excluding hydrogens is 433 g/mol. The molecule has 1 atom stereocenters. The van der Waals surface area contributed by atoms with E-state index in [2.05, 4.69) is 4.74 Å². The lowest BCUT2D eigenvalue weighted by atomic mass is 10.0. The number of hydrogen-bond acceptors (Lipinski definition) is 4. The van der Waals surface area contributed by atoms with Crippen molar-refractivity contribution in [3.05, 3.63) is 29.1 Å². The molecule has 0 aliphatic rings. The first-order valence-electron chi connectivity index (χ1n) is 8.96. The Labute approximate surface area is 173 Å². The number of nitrogens with zero attached hydrogens (tertiary/aromatic N) is 1. The Balaban J connectivity index is 3.07. The van der Waals surface area contributed by atoms with Gasteiger partial charge in [0.2, 0.25) is 34.8 Å². The van der Waals surface area contributed by atoms with Gasteiger partial charge in [-0.25, -0.2) is 32.8 Å².